The Morgan fingerprint density at radius 3 is 2.88 bits per heavy atom. The van der Waals surface area contributed by atoms with Crippen LogP contribution in [0.4, 0.5) is 0 Å². The minimum absolute atomic E-state index is 0.0921. The number of nitrogens with zero attached hydrogens (tertiary/aromatic N) is 1. The zero-order valence-corrected chi connectivity index (χ0v) is 10.1. The highest BCUT2D eigenvalue weighted by atomic mass is 35.5. The van der Waals surface area contributed by atoms with E-state index in [9.17, 15) is 4.79 Å². The fourth-order valence-corrected chi connectivity index (χ4v) is 1.44. The molecule has 0 aliphatic heterocycles. The average Bonchev–Trinajstić information content (AvgIpc) is 2.27. The first kappa shape index (κ1) is 12.9. The third kappa shape index (κ3) is 3.47. The maximum absolute atomic E-state index is 11.7. The topological polar surface area (TPSA) is 62.2 Å². The van der Waals surface area contributed by atoms with Crippen molar-refractivity contribution in [2.45, 2.75) is 26.3 Å². The fourth-order valence-electron chi connectivity index (χ4n) is 1.22. The molecule has 0 radical (unpaired) electrons. The second kappa shape index (κ2) is 5.82. The van der Waals surface area contributed by atoms with Crippen LogP contribution < -0.4 is 5.32 Å². The molecule has 1 atom stereocenters. The molecule has 0 aromatic carbocycles. The van der Waals surface area contributed by atoms with Crippen molar-refractivity contribution in [2.24, 2.45) is 0 Å². The Kier molecular flexibility index (Phi) is 4.71. The molecule has 0 bridgehead atoms. The van der Waals surface area contributed by atoms with Crippen LogP contribution in [0.1, 0.15) is 29.9 Å². The lowest BCUT2D eigenvalue weighted by Gasteiger charge is -2.11. The molecular weight excluding hydrogens is 228 g/mol. The highest BCUT2D eigenvalue weighted by molar-refractivity contribution is 6.29. The number of amides is 1. The van der Waals surface area contributed by atoms with Crippen molar-refractivity contribution in [1.29, 1.82) is 0 Å². The van der Waals surface area contributed by atoms with Gasteiger partial charge in [-0.25, -0.2) is 4.98 Å². The minimum Gasteiger partial charge on any atom is -0.394 e. The van der Waals surface area contributed by atoms with Gasteiger partial charge in [0, 0.05) is 17.3 Å². The van der Waals surface area contributed by atoms with Gasteiger partial charge in [-0.1, -0.05) is 18.5 Å². The summed E-state index contributed by atoms with van der Waals surface area (Å²) in [4.78, 5) is 15.8. The molecule has 1 aromatic rings. The maximum atomic E-state index is 11.7. The van der Waals surface area contributed by atoms with Crippen molar-refractivity contribution in [3.8, 4) is 0 Å². The van der Waals surface area contributed by atoms with Crippen molar-refractivity contribution >= 4 is 17.5 Å². The van der Waals surface area contributed by atoms with Crippen molar-refractivity contribution < 1.29 is 9.90 Å². The summed E-state index contributed by atoms with van der Waals surface area (Å²) in [5, 5.41) is 11.8. The minimum atomic E-state index is -0.274. The van der Waals surface area contributed by atoms with E-state index in [1.807, 2.05) is 6.92 Å². The lowest BCUT2D eigenvalue weighted by Crippen LogP contribution is -2.35. The number of aliphatic hydroxyl groups is 1. The summed E-state index contributed by atoms with van der Waals surface area (Å²) in [7, 11) is 0. The summed E-state index contributed by atoms with van der Waals surface area (Å²) in [6, 6.07) is 2.94. The van der Waals surface area contributed by atoms with Gasteiger partial charge in [0.2, 0.25) is 0 Å². The molecule has 5 heteroatoms. The van der Waals surface area contributed by atoms with Gasteiger partial charge < -0.3 is 10.4 Å². The Hall–Kier alpha value is -1.13. The van der Waals surface area contributed by atoms with E-state index >= 15 is 0 Å². The Balaban J connectivity index is 2.86. The SMILES string of the molecule is CCc1cc(C(=O)N[C@@H](C)CO)cc(Cl)n1. The quantitative estimate of drug-likeness (QED) is 0.785. The second-order valence-electron chi connectivity index (χ2n) is 3.58. The monoisotopic (exact) mass is 242 g/mol. The Morgan fingerprint density at radius 2 is 2.31 bits per heavy atom. The third-order valence-electron chi connectivity index (χ3n) is 2.12. The van der Waals surface area contributed by atoms with Gasteiger partial charge in [0.15, 0.2) is 0 Å². The Labute approximate surface area is 99.6 Å². The average molecular weight is 243 g/mol. The normalized spacial score (nSPS) is 12.2. The first-order chi connectivity index (χ1) is 7.56. The number of aromatic nitrogens is 1. The van der Waals surface area contributed by atoms with Gasteiger partial charge >= 0.3 is 0 Å². The first-order valence-corrected chi connectivity index (χ1v) is 5.52. The van der Waals surface area contributed by atoms with E-state index in [1.165, 1.54) is 6.07 Å². The number of hydrogen-bond donors (Lipinski definition) is 2. The number of rotatable bonds is 4. The van der Waals surface area contributed by atoms with Gasteiger partial charge in [0.05, 0.1) is 6.61 Å². The molecule has 0 saturated heterocycles. The number of aryl methyl sites for hydroxylation is 1. The number of aliphatic hydroxyl groups excluding tert-OH is 1. The summed E-state index contributed by atoms with van der Waals surface area (Å²) in [5.74, 6) is -0.249. The molecule has 4 nitrogen and oxygen atoms in total. The number of carbonyl (C=O) groups excluding carboxylic acids is 1. The number of nitrogens with one attached hydrogen (secondary N) is 1. The van der Waals surface area contributed by atoms with E-state index in [4.69, 9.17) is 16.7 Å². The molecule has 0 aliphatic carbocycles. The van der Waals surface area contributed by atoms with Crippen LogP contribution >= 0.6 is 11.6 Å². The molecule has 0 spiro atoms. The van der Waals surface area contributed by atoms with Crippen molar-refractivity contribution in [1.82, 2.24) is 10.3 Å². The molecule has 1 heterocycles. The highest BCUT2D eigenvalue weighted by Gasteiger charge is 2.11. The molecule has 0 unspecified atom stereocenters. The Bertz CT molecular complexity index is 382. The van der Waals surface area contributed by atoms with Gasteiger partial charge in [0.1, 0.15) is 5.15 Å². The molecule has 1 rings (SSSR count). The van der Waals surface area contributed by atoms with Crippen LogP contribution in [-0.4, -0.2) is 28.6 Å². The molecule has 0 saturated carbocycles. The zero-order valence-electron chi connectivity index (χ0n) is 9.33. The van der Waals surface area contributed by atoms with E-state index in [1.54, 1.807) is 13.0 Å². The second-order valence-corrected chi connectivity index (χ2v) is 3.97. The predicted molar refractivity (Wildman–Crippen MR) is 62.6 cm³/mol. The zero-order chi connectivity index (χ0) is 12.1. The standard InChI is InChI=1S/C11H15ClN2O2/c1-3-9-4-8(5-10(12)14-9)11(16)13-7(2)6-15/h4-5,7,15H,3,6H2,1-2H3,(H,13,16)/t7-/m0/s1. The summed E-state index contributed by atoms with van der Waals surface area (Å²) < 4.78 is 0. The molecule has 2 N–H and O–H groups in total. The van der Waals surface area contributed by atoms with Gasteiger partial charge in [0.25, 0.3) is 5.91 Å². The lowest BCUT2D eigenvalue weighted by molar-refractivity contribution is 0.0922. The van der Waals surface area contributed by atoms with Crippen LogP contribution in [0.25, 0.3) is 0 Å². The fraction of sp³-hybridized carbons (Fsp3) is 0.455. The molecule has 0 aliphatic rings. The van der Waals surface area contributed by atoms with Crippen LogP contribution in [0.3, 0.4) is 0 Å². The van der Waals surface area contributed by atoms with Crippen LogP contribution in [0.5, 0.6) is 0 Å². The van der Waals surface area contributed by atoms with Crippen molar-refractivity contribution in [3.05, 3.63) is 28.5 Å². The molecule has 1 aromatic heterocycles. The largest absolute Gasteiger partial charge is 0.394 e. The predicted octanol–water partition coefficient (Wildman–Crippen LogP) is 1.41. The van der Waals surface area contributed by atoms with E-state index in [0.717, 1.165) is 12.1 Å². The van der Waals surface area contributed by atoms with Gasteiger partial charge in [-0.2, -0.15) is 0 Å². The van der Waals surface area contributed by atoms with E-state index < -0.39 is 0 Å². The van der Waals surface area contributed by atoms with Crippen molar-refractivity contribution in [3.63, 3.8) is 0 Å². The molecule has 16 heavy (non-hydrogen) atoms. The van der Waals surface area contributed by atoms with Crippen LogP contribution in [0, 0.1) is 0 Å². The van der Waals surface area contributed by atoms with Gasteiger partial charge in [-0.3, -0.25) is 4.79 Å². The van der Waals surface area contributed by atoms with Crippen LogP contribution in [0.15, 0.2) is 12.1 Å². The molecule has 1 amide bonds. The third-order valence-corrected chi connectivity index (χ3v) is 2.32. The first-order valence-electron chi connectivity index (χ1n) is 5.15. The number of carbonyl (C=O) groups is 1. The summed E-state index contributed by atoms with van der Waals surface area (Å²) in [6.45, 7) is 3.57. The Morgan fingerprint density at radius 1 is 1.62 bits per heavy atom. The number of hydrogen-bond acceptors (Lipinski definition) is 3. The van der Waals surface area contributed by atoms with Gasteiger partial charge in [-0.05, 0) is 25.5 Å². The van der Waals surface area contributed by atoms with E-state index in [0.29, 0.717) is 10.7 Å². The maximum Gasteiger partial charge on any atom is 0.251 e. The van der Waals surface area contributed by atoms with Gasteiger partial charge in [-0.15, -0.1) is 0 Å². The molecular formula is C11H15ClN2O2. The summed E-state index contributed by atoms with van der Waals surface area (Å²) in [6.07, 6.45) is 0.719. The summed E-state index contributed by atoms with van der Waals surface area (Å²) in [5.41, 5.74) is 1.24. The van der Waals surface area contributed by atoms with E-state index in [2.05, 4.69) is 10.3 Å². The lowest BCUT2D eigenvalue weighted by atomic mass is 10.2. The van der Waals surface area contributed by atoms with Crippen molar-refractivity contribution in [2.75, 3.05) is 6.61 Å². The summed E-state index contributed by atoms with van der Waals surface area (Å²) >= 11 is 5.80. The van der Waals surface area contributed by atoms with Crippen LogP contribution in [0.2, 0.25) is 5.15 Å². The number of pyridine rings is 1. The van der Waals surface area contributed by atoms with Crippen LogP contribution in [-0.2, 0) is 6.42 Å². The number of halogens is 1. The van der Waals surface area contributed by atoms with E-state index in [-0.39, 0.29) is 18.6 Å². The molecule has 0 fully saturated rings. The highest BCUT2D eigenvalue weighted by Crippen LogP contribution is 2.11. The molecule has 88 valence electrons. The smallest absolute Gasteiger partial charge is 0.251 e.